The SMILES string of the molecule is CN(Cc1ccc(N)cn1)Cc1nccn1C. The van der Waals surface area contributed by atoms with Crippen LogP contribution in [0.1, 0.15) is 11.5 Å². The van der Waals surface area contributed by atoms with Gasteiger partial charge in [0.25, 0.3) is 0 Å². The summed E-state index contributed by atoms with van der Waals surface area (Å²) >= 11 is 0. The van der Waals surface area contributed by atoms with Crippen LogP contribution in [0.2, 0.25) is 0 Å². The molecule has 0 spiro atoms. The summed E-state index contributed by atoms with van der Waals surface area (Å²) in [7, 11) is 4.05. The van der Waals surface area contributed by atoms with Gasteiger partial charge in [-0.3, -0.25) is 9.88 Å². The molecule has 0 aromatic carbocycles. The lowest BCUT2D eigenvalue weighted by Gasteiger charge is -2.15. The maximum absolute atomic E-state index is 5.60. The lowest BCUT2D eigenvalue weighted by Crippen LogP contribution is -2.20. The molecular weight excluding hydrogens is 214 g/mol. The summed E-state index contributed by atoms with van der Waals surface area (Å²) in [6.07, 6.45) is 5.44. The van der Waals surface area contributed by atoms with Crippen LogP contribution in [0.3, 0.4) is 0 Å². The lowest BCUT2D eigenvalue weighted by molar-refractivity contribution is 0.303. The standard InChI is InChI=1S/C12H17N5/c1-16(9-12-14-5-6-17(12)2)8-11-4-3-10(13)7-15-11/h3-7H,8-9,13H2,1-2H3. The first-order valence-corrected chi connectivity index (χ1v) is 5.50. The number of aromatic nitrogens is 3. The molecule has 0 saturated heterocycles. The second kappa shape index (κ2) is 4.97. The number of nitrogens with zero attached hydrogens (tertiary/aromatic N) is 4. The van der Waals surface area contributed by atoms with E-state index in [0.29, 0.717) is 5.69 Å². The Hall–Kier alpha value is -1.88. The van der Waals surface area contributed by atoms with Crippen molar-refractivity contribution >= 4 is 5.69 Å². The zero-order valence-corrected chi connectivity index (χ0v) is 10.2. The third-order valence-corrected chi connectivity index (χ3v) is 2.61. The summed E-state index contributed by atoms with van der Waals surface area (Å²) in [5.41, 5.74) is 7.30. The molecule has 0 unspecified atom stereocenters. The van der Waals surface area contributed by atoms with Crippen molar-refractivity contribution in [1.82, 2.24) is 19.4 Å². The normalized spacial score (nSPS) is 11.0. The van der Waals surface area contributed by atoms with Gasteiger partial charge in [-0.15, -0.1) is 0 Å². The van der Waals surface area contributed by atoms with Gasteiger partial charge in [0.1, 0.15) is 5.82 Å². The molecule has 90 valence electrons. The van der Waals surface area contributed by atoms with E-state index < -0.39 is 0 Å². The van der Waals surface area contributed by atoms with E-state index in [0.717, 1.165) is 24.6 Å². The van der Waals surface area contributed by atoms with Crippen LogP contribution >= 0.6 is 0 Å². The molecule has 17 heavy (non-hydrogen) atoms. The van der Waals surface area contributed by atoms with Crippen molar-refractivity contribution in [1.29, 1.82) is 0 Å². The molecule has 0 aliphatic rings. The van der Waals surface area contributed by atoms with E-state index in [-0.39, 0.29) is 0 Å². The largest absolute Gasteiger partial charge is 0.397 e. The summed E-state index contributed by atoms with van der Waals surface area (Å²) in [4.78, 5) is 10.7. The second-order valence-corrected chi connectivity index (χ2v) is 4.21. The predicted molar refractivity (Wildman–Crippen MR) is 67.0 cm³/mol. The van der Waals surface area contributed by atoms with Crippen molar-refractivity contribution in [2.75, 3.05) is 12.8 Å². The van der Waals surface area contributed by atoms with E-state index in [9.17, 15) is 0 Å². The lowest BCUT2D eigenvalue weighted by atomic mass is 10.3. The zero-order valence-electron chi connectivity index (χ0n) is 10.2. The minimum atomic E-state index is 0.695. The molecule has 0 saturated carbocycles. The molecule has 0 fully saturated rings. The van der Waals surface area contributed by atoms with Crippen LogP contribution < -0.4 is 5.73 Å². The molecule has 0 bridgehead atoms. The van der Waals surface area contributed by atoms with Gasteiger partial charge in [0.05, 0.1) is 24.1 Å². The molecule has 5 nitrogen and oxygen atoms in total. The van der Waals surface area contributed by atoms with Crippen molar-refractivity contribution in [2.45, 2.75) is 13.1 Å². The Balaban J connectivity index is 1.95. The van der Waals surface area contributed by atoms with Gasteiger partial charge in [0, 0.05) is 26.0 Å². The highest BCUT2D eigenvalue weighted by Gasteiger charge is 2.05. The molecule has 0 aliphatic carbocycles. The topological polar surface area (TPSA) is 60.0 Å². The molecule has 0 atom stereocenters. The van der Waals surface area contributed by atoms with E-state index in [2.05, 4.69) is 14.9 Å². The highest BCUT2D eigenvalue weighted by Crippen LogP contribution is 2.06. The van der Waals surface area contributed by atoms with Gasteiger partial charge in [0.2, 0.25) is 0 Å². The number of nitrogens with two attached hydrogens (primary N) is 1. The van der Waals surface area contributed by atoms with Crippen LogP contribution in [-0.4, -0.2) is 26.5 Å². The van der Waals surface area contributed by atoms with E-state index in [1.165, 1.54) is 0 Å². The molecule has 2 rings (SSSR count). The molecule has 2 N–H and O–H groups in total. The quantitative estimate of drug-likeness (QED) is 0.853. The van der Waals surface area contributed by atoms with Crippen molar-refractivity contribution in [2.24, 2.45) is 7.05 Å². The second-order valence-electron chi connectivity index (χ2n) is 4.21. The van der Waals surface area contributed by atoms with E-state index in [4.69, 9.17) is 5.73 Å². The molecule has 0 amide bonds. The Bertz CT molecular complexity index is 474. The summed E-state index contributed by atoms with van der Waals surface area (Å²) < 4.78 is 2.02. The maximum Gasteiger partial charge on any atom is 0.122 e. The Morgan fingerprint density at radius 1 is 1.29 bits per heavy atom. The number of pyridine rings is 1. The smallest absolute Gasteiger partial charge is 0.122 e. The molecule has 2 aromatic rings. The van der Waals surface area contributed by atoms with Crippen LogP contribution in [0.5, 0.6) is 0 Å². The Labute approximate surface area is 101 Å². The van der Waals surface area contributed by atoms with E-state index in [1.807, 2.05) is 43.2 Å². The van der Waals surface area contributed by atoms with Gasteiger partial charge in [-0.25, -0.2) is 4.98 Å². The zero-order chi connectivity index (χ0) is 12.3. The van der Waals surface area contributed by atoms with Gasteiger partial charge >= 0.3 is 0 Å². The fraction of sp³-hybridized carbons (Fsp3) is 0.333. The Kier molecular flexibility index (Phi) is 3.39. The summed E-state index contributed by atoms with van der Waals surface area (Å²) in [6, 6.07) is 3.82. The number of rotatable bonds is 4. The average Bonchev–Trinajstić information content (AvgIpc) is 2.68. The van der Waals surface area contributed by atoms with Crippen LogP contribution in [-0.2, 0) is 20.1 Å². The maximum atomic E-state index is 5.60. The number of hydrogen-bond donors (Lipinski definition) is 1. The van der Waals surface area contributed by atoms with Crippen molar-refractivity contribution < 1.29 is 0 Å². The van der Waals surface area contributed by atoms with Crippen LogP contribution in [0.25, 0.3) is 0 Å². The van der Waals surface area contributed by atoms with E-state index >= 15 is 0 Å². The fourth-order valence-corrected chi connectivity index (χ4v) is 1.65. The van der Waals surface area contributed by atoms with Crippen molar-refractivity contribution in [3.05, 3.63) is 42.2 Å². The molecule has 0 aliphatic heterocycles. The molecular formula is C12H17N5. The predicted octanol–water partition coefficient (Wildman–Crippen LogP) is 1.03. The monoisotopic (exact) mass is 231 g/mol. The molecule has 2 heterocycles. The number of aryl methyl sites for hydroxylation is 1. The average molecular weight is 231 g/mol. The van der Waals surface area contributed by atoms with Gasteiger partial charge in [0.15, 0.2) is 0 Å². The summed E-state index contributed by atoms with van der Waals surface area (Å²) in [5.74, 6) is 1.04. The van der Waals surface area contributed by atoms with Crippen LogP contribution in [0.4, 0.5) is 5.69 Å². The van der Waals surface area contributed by atoms with Gasteiger partial charge < -0.3 is 10.3 Å². The first-order valence-electron chi connectivity index (χ1n) is 5.50. The molecule has 0 radical (unpaired) electrons. The minimum absolute atomic E-state index is 0.695. The van der Waals surface area contributed by atoms with E-state index in [1.54, 1.807) is 6.20 Å². The number of imidazole rings is 1. The first-order chi connectivity index (χ1) is 8.15. The van der Waals surface area contributed by atoms with Gasteiger partial charge in [-0.2, -0.15) is 0 Å². The number of nitrogen functional groups attached to an aromatic ring is 1. The third-order valence-electron chi connectivity index (χ3n) is 2.61. The van der Waals surface area contributed by atoms with Crippen molar-refractivity contribution in [3.63, 3.8) is 0 Å². The highest BCUT2D eigenvalue weighted by atomic mass is 15.2. The number of anilines is 1. The minimum Gasteiger partial charge on any atom is -0.397 e. The van der Waals surface area contributed by atoms with Crippen LogP contribution in [0.15, 0.2) is 30.7 Å². The van der Waals surface area contributed by atoms with Crippen LogP contribution in [0, 0.1) is 0 Å². The third kappa shape index (κ3) is 3.04. The van der Waals surface area contributed by atoms with Crippen molar-refractivity contribution in [3.8, 4) is 0 Å². The first kappa shape index (κ1) is 11.6. The Morgan fingerprint density at radius 3 is 2.71 bits per heavy atom. The van der Waals surface area contributed by atoms with Gasteiger partial charge in [-0.1, -0.05) is 0 Å². The highest BCUT2D eigenvalue weighted by molar-refractivity contribution is 5.34. The molecule has 2 aromatic heterocycles. The Morgan fingerprint density at radius 2 is 2.12 bits per heavy atom. The molecule has 5 heteroatoms. The number of hydrogen-bond acceptors (Lipinski definition) is 4. The summed E-state index contributed by atoms with van der Waals surface area (Å²) in [5, 5.41) is 0. The van der Waals surface area contributed by atoms with Gasteiger partial charge in [-0.05, 0) is 19.2 Å². The summed E-state index contributed by atoms with van der Waals surface area (Å²) in [6.45, 7) is 1.59. The fourth-order valence-electron chi connectivity index (χ4n) is 1.65.